The molecule has 4 rings (SSSR count). The molecule has 1 amide bonds. The van der Waals surface area contributed by atoms with E-state index in [1.165, 1.54) is 41.6 Å². The van der Waals surface area contributed by atoms with Crippen molar-refractivity contribution in [3.63, 3.8) is 0 Å². The summed E-state index contributed by atoms with van der Waals surface area (Å²) in [5, 5.41) is 14.0. The van der Waals surface area contributed by atoms with E-state index in [2.05, 4.69) is 26.0 Å². The van der Waals surface area contributed by atoms with Crippen molar-refractivity contribution in [1.29, 1.82) is 5.41 Å². The number of carbonyl (C=O) groups excluding carboxylic acids is 1. The first-order valence-corrected chi connectivity index (χ1v) is 10.3. The second kappa shape index (κ2) is 8.41. The van der Waals surface area contributed by atoms with Crippen LogP contribution in [0.2, 0.25) is 0 Å². The molecule has 0 unspecified atom stereocenters. The molecule has 2 aliphatic heterocycles. The summed E-state index contributed by atoms with van der Waals surface area (Å²) in [5.74, 6) is 0.0447. The van der Waals surface area contributed by atoms with E-state index in [1.807, 2.05) is 0 Å². The maximum absolute atomic E-state index is 13.1. The summed E-state index contributed by atoms with van der Waals surface area (Å²) in [4.78, 5) is 16.3. The number of amides is 1. The maximum atomic E-state index is 13.1. The van der Waals surface area contributed by atoms with E-state index in [4.69, 9.17) is 14.9 Å². The minimum Gasteiger partial charge on any atom is -0.493 e. The topological polar surface area (TPSA) is 87.3 Å². The number of benzene rings is 2. The summed E-state index contributed by atoms with van der Waals surface area (Å²) >= 11 is 4.65. The molecule has 0 bridgehead atoms. The number of halogens is 2. The standard InChI is InChI=1S/C20H14BrFN4O3S/c1-28-16-8-12(6-14-18(23)26-20(25-19(14)27)30-10-24-26)7-15(21)17(16)29-9-11-2-4-13(22)5-3-11/h2-8,10,23H,9H2,1H3/b14-6+,23-18?. The molecule has 2 heterocycles. The second-order valence-corrected chi connectivity index (χ2v) is 7.87. The molecule has 0 radical (unpaired) electrons. The third-order valence-electron chi connectivity index (χ3n) is 4.26. The molecule has 0 aliphatic carbocycles. The molecule has 2 aliphatic rings. The number of hydrogen-bond donors (Lipinski definition) is 1. The Kier molecular flexibility index (Phi) is 5.69. The first kappa shape index (κ1) is 20.3. The van der Waals surface area contributed by atoms with E-state index < -0.39 is 5.91 Å². The van der Waals surface area contributed by atoms with Crippen LogP contribution in [0.25, 0.3) is 6.08 Å². The number of methoxy groups -OCH3 is 1. The average Bonchev–Trinajstić information content (AvgIpc) is 3.19. The summed E-state index contributed by atoms with van der Waals surface area (Å²) < 4.78 is 25.0. The molecule has 0 spiro atoms. The minimum absolute atomic E-state index is 0.0435. The summed E-state index contributed by atoms with van der Waals surface area (Å²) in [6.07, 6.45) is 1.56. The fourth-order valence-corrected chi connectivity index (χ4v) is 3.99. The Morgan fingerprint density at radius 1 is 1.30 bits per heavy atom. The van der Waals surface area contributed by atoms with Crippen LogP contribution in [-0.2, 0) is 11.4 Å². The molecule has 1 N–H and O–H groups in total. The smallest absolute Gasteiger partial charge is 0.283 e. The number of rotatable bonds is 5. The average molecular weight is 489 g/mol. The van der Waals surface area contributed by atoms with Crippen molar-refractivity contribution in [3.8, 4) is 11.5 Å². The van der Waals surface area contributed by atoms with Gasteiger partial charge in [-0.2, -0.15) is 15.1 Å². The maximum Gasteiger partial charge on any atom is 0.283 e. The van der Waals surface area contributed by atoms with Gasteiger partial charge in [-0.15, -0.1) is 0 Å². The number of amidine groups is 2. The number of hydrogen-bond acceptors (Lipinski definition) is 6. The first-order chi connectivity index (χ1) is 14.5. The van der Waals surface area contributed by atoms with Crippen LogP contribution in [0.15, 0.2) is 56.5 Å². The van der Waals surface area contributed by atoms with Gasteiger partial charge in [-0.1, -0.05) is 12.1 Å². The predicted octanol–water partition coefficient (Wildman–Crippen LogP) is 4.42. The zero-order chi connectivity index (χ0) is 21.3. The van der Waals surface area contributed by atoms with E-state index in [-0.39, 0.29) is 23.8 Å². The van der Waals surface area contributed by atoms with Gasteiger partial charge in [0.25, 0.3) is 5.91 Å². The van der Waals surface area contributed by atoms with Crippen LogP contribution in [0.3, 0.4) is 0 Å². The van der Waals surface area contributed by atoms with E-state index in [0.717, 1.165) is 5.56 Å². The highest BCUT2D eigenvalue weighted by Crippen LogP contribution is 2.38. The number of hydrazone groups is 1. The van der Waals surface area contributed by atoms with Crippen molar-refractivity contribution in [3.05, 3.63) is 63.4 Å². The molecule has 0 aromatic heterocycles. The summed E-state index contributed by atoms with van der Waals surface area (Å²) in [6.45, 7) is 0.223. The fourth-order valence-electron chi connectivity index (χ4n) is 2.80. The Morgan fingerprint density at radius 3 is 2.80 bits per heavy atom. The summed E-state index contributed by atoms with van der Waals surface area (Å²) in [7, 11) is 1.50. The Morgan fingerprint density at radius 2 is 2.07 bits per heavy atom. The number of ether oxygens (including phenoxy) is 2. The van der Waals surface area contributed by atoms with Gasteiger partial charge in [0.1, 0.15) is 12.4 Å². The van der Waals surface area contributed by atoms with Gasteiger partial charge < -0.3 is 9.47 Å². The molecule has 7 nitrogen and oxygen atoms in total. The molecule has 2 aromatic rings. The number of carbonyl (C=O) groups is 1. The lowest BCUT2D eigenvalue weighted by Gasteiger charge is -2.20. The van der Waals surface area contributed by atoms with E-state index in [1.54, 1.807) is 30.3 Å². The summed E-state index contributed by atoms with van der Waals surface area (Å²) in [5.41, 5.74) is 3.06. The molecule has 0 fully saturated rings. The SMILES string of the molecule is COc1cc(/C=C2\C(=N)N3N=CSC3=NC2=O)cc(Br)c1OCc1ccc(F)cc1. The van der Waals surface area contributed by atoms with Gasteiger partial charge in [0.2, 0.25) is 0 Å². The van der Waals surface area contributed by atoms with Gasteiger partial charge in [0, 0.05) is 0 Å². The third-order valence-corrected chi connectivity index (χ3v) is 5.52. The van der Waals surface area contributed by atoms with Crippen LogP contribution in [0.5, 0.6) is 11.5 Å². The minimum atomic E-state index is -0.504. The van der Waals surface area contributed by atoms with Gasteiger partial charge in [-0.05, 0) is 69.2 Å². The molecule has 2 aromatic carbocycles. The first-order valence-electron chi connectivity index (χ1n) is 8.64. The van der Waals surface area contributed by atoms with Gasteiger partial charge in [0.15, 0.2) is 22.5 Å². The molecular weight excluding hydrogens is 475 g/mol. The van der Waals surface area contributed by atoms with E-state index >= 15 is 0 Å². The van der Waals surface area contributed by atoms with Crippen LogP contribution >= 0.6 is 27.7 Å². The van der Waals surface area contributed by atoms with Gasteiger partial charge in [-0.25, -0.2) is 4.39 Å². The lowest BCUT2D eigenvalue weighted by Crippen LogP contribution is -2.35. The largest absolute Gasteiger partial charge is 0.493 e. The lowest BCUT2D eigenvalue weighted by molar-refractivity contribution is -0.114. The zero-order valence-electron chi connectivity index (χ0n) is 15.6. The van der Waals surface area contributed by atoms with Crippen LogP contribution in [-0.4, -0.2) is 34.6 Å². The number of nitrogens with one attached hydrogen (secondary N) is 1. The number of nitrogens with zero attached hydrogens (tertiary/aromatic N) is 3. The lowest BCUT2D eigenvalue weighted by atomic mass is 10.1. The van der Waals surface area contributed by atoms with Crippen molar-refractivity contribution in [2.75, 3.05) is 7.11 Å². The normalized spacial score (nSPS) is 16.7. The van der Waals surface area contributed by atoms with Crippen LogP contribution < -0.4 is 9.47 Å². The number of thioether (sulfide) groups is 1. The van der Waals surface area contributed by atoms with Gasteiger partial charge >= 0.3 is 0 Å². The molecule has 0 saturated heterocycles. The van der Waals surface area contributed by atoms with Crippen LogP contribution in [0.1, 0.15) is 11.1 Å². The van der Waals surface area contributed by atoms with E-state index in [9.17, 15) is 9.18 Å². The molecular formula is C20H14BrFN4O3S. The Labute approximate surface area is 183 Å². The molecule has 0 saturated carbocycles. The fraction of sp³-hybridized carbons (Fsp3) is 0.100. The summed E-state index contributed by atoms with van der Waals surface area (Å²) in [6, 6.07) is 9.46. The van der Waals surface area contributed by atoms with Crippen molar-refractivity contribution in [2.24, 2.45) is 10.1 Å². The van der Waals surface area contributed by atoms with Crippen LogP contribution in [0.4, 0.5) is 4.39 Å². The predicted molar refractivity (Wildman–Crippen MR) is 117 cm³/mol. The molecule has 0 atom stereocenters. The Balaban J connectivity index is 1.61. The van der Waals surface area contributed by atoms with Crippen LogP contribution in [0, 0.1) is 11.2 Å². The molecule has 10 heteroatoms. The van der Waals surface area contributed by atoms with Crippen molar-refractivity contribution in [2.45, 2.75) is 6.61 Å². The highest BCUT2D eigenvalue weighted by atomic mass is 79.9. The number of fused-ring (bicyclic) bond motifs is 1. The van der Waals surface area contributed by atoms with Crippen molar-refractivity contribution < 1.29 is 18.7 Å². The van der Waals surface area contributed by atoms with Gasteiger partial charge in [0.05, 0.1) is 22.7 Å². The zero-order valence-corrected chi connectivity index (χ0v) is 18.0. The van der Waals surface area contributed by atoms with Gasteiger partial charge in [-0.3, -0.25) is 10.2 Å². The third kappa shape index (κ3) is 4.01. The Hall–Kier alpha value is -2.98. The molecule has 152 valence electrons. The van der Waals surface area contributed by atoms with Crippen molar-refractivity contribution in [1.82, 2.24) is 5.01 Å². The van der Waals surface area contributed by atoms with E-state index in [0.29, 0.717) is 26.7 Å². The Bertz CT molecular complexity index is 1130. The highest BCUT2D eigenvalue weighted by Gasteiger charge is 2.32. The monoisotopic (exact) mass is 488 g/mol. The second-order valence-electron chi connectivity index (χ2n) is 6.21. The highest BCUT2D eigenvalue weighted by molar-refractivity contribution is 9.10. The number of aliphatic imine (C=N–C) groups is 1. The molecule has 30 heavy (non-hydrogen) atoms. The van der Waals surface area contributed by atoms with Crippen molar-refractivity contribution >= 4 is 56.2 Å². The quantitative estimate of drug-likeness (QED) is 0.629.